The Kier molecular flexibility index (Phi) is 5.54. The van der Waals surface area contributed by atoms with E-state index < -0.39 is 11.4 Å². The highest BCUT2D eigenvalue weighted by Crippen LogP contribution is 2.56. The quantitative estimate of drug-likeness (QED) is 0.595. The number of fused-ring (bicyclic) bond motifs is 1. The van der Waals surface area contributed by atoms with Crippen molar-refractivity contribution in [1.82, 2.24) is 19.5 Å². The Balaban J connectivity index is 1.31. The number of carbonyl (C=O) groups excluding carboxylic acids is 1. The second-order valence-corrected chi connectivity index (χ2v) is 9.39. The summed E-state index contributed by atoms with van der Waals surface area (Å²) in [5, 5.41) is 32.0. The molecule has 9 nitrogen and oxygen atoms in total. The first-order chi connectivity index (χ1) is 16.8. The number of nitrogens with zero attached hydrogens (tertiary/aromatic N) is 6. The lowest BCUT2D eigenvalue weighted by molar-refractivity contribution is 0.0253. The molecule has 0 saturated heterocycles. The van der Waals surface area contributed by atoms with Crippen LogP contribution in [0.1, 0.15) is 64.7 Å². The van der Waals surface area contributed by atoms with E-state index in [9.17, 15) is 14.3 Å². The smallest absolute Gasteiger partial charge is 0.274 e. The van der Waals surface area contributed by atoms with Gasteiger partial charge in [0.15, 0.2) is 5.82 Å². The summed E-state index contributed by atoms with van der Waals surface area (Å²) in [6.45, 7) is 0. The number of amides is 1. The number of aryl methyl sites for hydroxylation is 1. The van der Waals surface area contributed by atoms with Crippen LogP contribution in [0.15, 0.2) is 36.9 Å². The van der Waals surface area contributed by atoms with Crippen LogP contribution in [0.3, 0.4) is 0 Å². The third kappa shape index (κ3) is 4.02. The van der Waals surface area contributed by atoms with E-state index in [1.165, 1.54) is 24.5 Å². The largest absolute Gasteiger partial charge is 0.382 e. The summed E-state index contributed by atoms with van der Waals surface area (Å²) in [5.41, 5.74) is 0.524. The van der Waals surface area contributed by atoms with E-state index in [0.29, 0.717) is 41.3 Å². The average Bonchev–Trinajstić information content (AvgIpc) is 3.51. The fourth-order valence-corrected chi connectivity index (χ4v) is 5.60. The predicted octanol–water partition coefficient (Wildman–Crippen LogP) is 3.14. The first kappa shape index (κ1) is 22.6. The van der Waals surface area contributed by atoms with Crippen molar-refractivity contribution in [2.45, 2.75) is 37.2 Å². The fraction of sp³-hybridized carbons (Fsp3) is 0.360. The lowest BCUT2D eigenvalue weighted by atomic mass is 9.91. The van der Waals surface area contributed by atoms with Crippen molar-refractivity contribution in [2.75, 3.05) is 5.32 Å². The second-order valence-electron chi connectivity index (χ2n) is 9.39. The zero-order valence-electron chi connectivity index (χ0n) is 18.9. The van der Waals surface area contributed by atoms with Gasteiger partial charge in [-0.15, -0.1) is 0 Å². The maximum Gasteiger partial charge on any atom is 0.274 e. The van der Waals surface area contributed by atoms with Crippen LogP contribution in [-0.2, 0) is 12.6 Å². The van der Waals surface area contributed by atoms with E-state index in [1.807, 2.05) is 6.07 Å². The number of imidazole rings is 1. The standard InChI is InChI=1S/C25H22FN7O2/c1-33-13-31-21(22(33)23(34)32-19-2-3-20(26)18(6-19)10-28)15-4-16-7-25(35,8-17(16)5-15)24-29-11-14(9-27)12-30-24/h2-3,6,11-13,15-17,35H,4-5,7-8H2,1H3,(H,32,34). The van der Waals surface area contributed by atoms with Crippen LogP contribution >= 0.6 is 0 Å². The molecule has 2 unspecified atom stereocenters. The number of nitriles is 2. The minimum Gasteiger partial charge on any atom is -0.382 e. The highest BCUT2D eigenvalue weighted by Gasteiger charge is 2.51. The summed E-state index contributed by atoms with van der Waals surface area (Å²) >= 11 is 0. The lowest BCUT2D eigenvalue weighted by Crippen LogP contribution is -2.26. The third-order valence-corrected chi connectivity index (χ3v) is 7.15. The number of aliphatic hydroxyl groups is 1. The van der Waals surface area contributed by atoms with Gasteiger partial charge in [-0.25, -0.2) is 19.3 Å². The van der Waals surface area contributed by atoms with Crippen molar-refractivity contribution in [3.05, 3.63) is 71.1 Å². The van der Waals surface area contributed by atoms with Crippen molar-refractivity contribution in [3.8, 4) is 12.1 Å². The molecule has 3 aromatic rings. The number of hydrogen-bond donors (Lipinski definition) is 2. The van der Waals surface area contributed by atoms with E-state index >= 15 is 0 Å². The molecule has 0 radical (unpaired) electrons. The van der Waals surface area contributed by atoms with E-state index in [4.69, 9.17) is 10.5 Å². The summed E-state index contributed by atoms with van der Waals surface area (Å²) in [6, 6.07) is 7.61. The normalized spacial score (nSPS) is 25.0. The number of benzene rings is 1. The monoisotopic (exact) mass is 471 g/mol. The summed E-state index contributed by atoms with van der Waals surface area (Å²) in [7, 11) is 1.74. The Hall–Kier alpha value is -4.15. The molecule has 0 spiro atoms. The minimum absolute atomic E-state index is 0.0567. The van der Waals surface area contributed by atoms with Gasteiger partial charge >= 0.3 is 0 Å². The molecule has 1 amide bonds. The molecular weight excluding hydrogens is 449 g/mol. The second kappa shape index (κ2) is 8.57. The van der Waals surface area contributed by atoms with Crippen molar-refractivity contribution in [1.29, 1.82) is 10.5 Å². The first-order valence-electron chi connectivity index (χ1n) is 11.3. The van der Waals surface area contributed by atoms with E-state index in [0.717, 1.165) is 18.9 Å². The van der Waals surface area contributed by atoms with Gasteiger partial charge in [0.2, 0.25) is 0 Å². The van der Waals surface area contributed by atoms with Crippen molar-refractivity contribution < 1.29 is 14.3 Å². The summed E-state index contributed by atoms with van der Waals surface area (Å²) in [4.78, 5) is 26.1. The van der Waals surface area contributed by atoms with Gasteiger partial charge in [0.05, 0.1) is 23.1 Å². The van der Waals surface area contributed by atoms with Crippen LogP contribution in [0.2, 0.25) is 0 Å². The lowest BCUT2D eigenvalue weighted by Gasteiger charge is -2.23. The van der Waals surface area contributed by atoms with Crippen LogP contribution in [0.25, 0.3) is 0 Å². The minimum atomic E-state index is -1.13. The highest BCUT2D eigenvalue weighted by molar-refractivity contribution is 6.04. The Bertz CT molecular complexity index is 1370. The zero-order valence-corrected chi connectivity index (χ0v) is 18.9. The Labute approximate surface area is 200 Å². The number of halogens is 1. The summed E-state index contributed by atoms with van der Waals surface area (Å²) in [6.07, 6.45) is 7.03. The molecule has 2 saturated carbocycles. The SMILES string of the molecule is Cn1cnc(C2CC3CC(O)(c4ncc(C#N)cn4)CC3C2)c1C(=O)Nc1ccc(F)c(C#N)c1. The van der Waals surface area contributed by atoms with Crippen LogP contribution in [0.5, 0.6) is 0 Å². The molecule has 2 fully saturated rings. The third-order valence-electron chi connectivity index (χ3n) is 7.15. The Morgan fingerprint density at radius 3 is 2.49 bits per heavy atom. The van der Waals surface area contributed by atoms with E-state index in [-0.39, 0.29) is 29.2 Å². The zero-order chi connectivity index (χ0) is 24.7. The molecule has 2 aliphatic carbocycles. The van der Waals surface area contributed by atoms with Crippen LogP contribution in [0.4, 0.5) is 10.1 Å². The van der Waals surface area contributed by atoms with Crippen molar-refractivity contribution in [3.63, 3.8) is 0 Å². The van der Waals surface area contributed by atoms with Gasteiger partial charge < -0.3 is 15.0 Å². The van der Waals surface area contributed by atoms with E-state index in [2.05, 4.69) is 20.3 Å². The van der Waals surface area contributed by atoms with Crippen LogP contribution in [0, 0.1) is 40.3 Å². The van der Waals surface area contributed by atoms with Gasteiger partial charge in [0.25, 0.3) is 5.91 Å². The average molecular weight is 471 g/mol. The first-order valence-corrected chi connectivity index (χ1v) is 11.3. The molecule has 10 heteroatoms. The Morgan fingerprint density at radius 1 is 1.17 bits per heavy atom. The molecule has 0 aliphatic heterocycles. The molecule has 5 rings (SSSR count). The van der Waals surface area contributed by atoms with Gasteiger partial charge in [0.1, 0.15) is 29.3 Å². The molecule has 0 bridgehead atoms. The maximum absolute atomic E-state index is 13.6. The number of anilines is 1. The summed E-state index contributed by atoms with van der Waals surface area (Å²) < 4.78 is 15.3. The Morgan fingerprint density at radius 2 is 1.86 bits per heavy atom. The topological polar surface area (TPSA) is 141 Å². The number of hydrogen-bond acceptors (Lipinski definition) is 7. The highest BCUT2D eigenvalue weighted by atomic mass is 19.1. The molecular formula is C25H22FN7O2. The number of nitrogens with one attached hydrogen (secondary N) is 1. The molecule has 2 aliphatic rings. The van der Waals surface area contributed by atoms with E-state index in [1.54, 1.807) is 24.0 Å². The van der Waals surface area contributed by atoms with Crippen molar-refractivity contribution in [2.24, 2.45) is 18.9 Å². The molecule has 1 aromatic carbocycles. The summed E-state index contributed by atoms with van der Waals surface area (Å²) in [5.74, 6) is -0.154. The maximum atomic E-state index is 13.6. The van der Waals surface area contributed by atoms with Crippen LogP contribution < -0.4 is 5.32 Å². The molecule has 2 aromatic heterocycles. The molecule has 35 heavy (non-hydrogen) atoms. The van der Waals surface area contributed by atoms with Gasteiger partial charge in [-0.3, -0.25) is 4.79 Å². The number of carbonyl (C=O) groups is 1. The molecule has 2 atom stereocenters. The predicted molar refractivity (Wildman–Crippen MR) is 121 cm³/mol. The van der Waals surface area contributed by atoms with Gasteiger partial charge in [-0.2, -0.15) is 10.5 Å². The van der Waals surface area contributed by atoms with Gasteiger partial charge in [0, 0.05) is 31.0 Å². The van der Waals surface area contributed by atoms with Crippen LogP contribution in [-0.4, -0.2) is 30.5 Å². The molecule has 176 valence electrons. The van der Waals surface area contributed by atoms with Gasteiger partial charge in [-0.1, -0.05) is 0 Å². The molecule has 2 heterocycles. The fourth-order valence-electron chi connectivity index (χ4n) is 5.60. The van der Waals surface area contributed by atoms with Crippen molar-refractivity contribution >= 4 is 11.6 Å². The van der Waals surface area contributed by atoms with Gasteiger partial charge in [-0.05, 0) is 55.7 Å². The number of rotatable bonds is 4. The number of aromatic nitrogens is 4. The molecule has 2 N–H and O–H groups in total.